The highest BCUT2D eigenvalue weighted by Gasteiger charge is 2.31. The molecule has 3 heterocycles. The number of ether oxygens (including phenoxy) is 2. The van der Waals surface area contributed by atoms with Crippen molar-refractivity contribution in [3.8, 4) is 0 Å². The topological polar surface area (TPSA) is 93.0 Å². The van der Waals surface area contributed by atoms with Crippen LogP contribution < -0.4 is 15.6 Å². The van der Waals surface area contributed by atoms with Crippen LogP contribution in [-0.2, 0) is 16.0 Å². The number of nitrogens with zero attached hydrogens (tertiary/aromatic N) is 2. The molecule has 1 atom stereocenters. The molecule has 2 saturated heterocycles. The third-order valence-electron chi connectivity index (χ3n) is 7.38. The largest absolute Gasteiger partial charge is 0.477 e. The van der Waals surface area contributed by atoms with Gasteiger partial charge in [-0.1, -0.05) is 0 Å². The zero-order valence-corrected chi connectivity index (χ0v) is 20.2. The van der Waals surface area contributed by atoms with Gasteiger partial charge >= 0.3 is 5.97 Å². The molecule has 0 amide bonds. The summed E-state index contributed by atoms with van der Waals surface area (Å²) in [7, 11) is 1.48. The highest BCUT2D eigenvalue weighted by atomic mass is 19.1. The summed E-state index contributed by atoms with van der Waals surface area (Å²) in [5, 5.41) is 12.5. The molecule has 0 radical (unpaired) electrons. The van der Waals surface area contributed by atoms with E-state index < -0.39 is 34.9 Å². The standard InChI is InChI=1S/C25H33F2N3O5/c1-15(34-2)35-12-11-30-14-19(25(32)33)24(31)18-13-20(26)23(21(27)22(18)30)29-9-5-17(6-10-29)16-3-7-28-8-4-16/h13-17,28H,3-12H2,1-2H3,(H,32,33). The first-order valence-electron chi connectivity index (χ1n) is 12.2. The minimum atomic E-state index is -1.46. The number of nitrogens with one attached hydrogen (secondary N) is 1. The second-order valence-electron chi connectivity index (χ2n) is 9.37. The summed E-state index contributed by atoms with van der Waals surface area (Å²) >= 11 is 0. The van der Waals surface area contributed by atoms with Gasteiger partial charge < -0.3 is 29.4 Å². The van der Waals surface area contributed by atoms with Crippen LogP contribution >= 0.6 is 0 Å². The first-order chi connectivity index (χ1) is 16.8. The molecule has 10 heteroatoms. The van der Waals surface area contributed by atoms with Crippen molar-refractivity contribution < 1.29 is 28.2 Å². The van der Waals surface area contributed by atoms with Gasteiger partial charge in [-0.05, 0) is 63.6 Å². The maximum atomic E-state index is 15.9. The van der Waals surface area contributed by atoms with Gasteiger partial charge in [0.25, 0.3) is 0 Å². The summed E-state index contributed by atoms with van der Waals surface area (Å²) in [4.78, 5) is 26.1. The number of benzene rings is 1. The fourth-order valence-electron chi connectivity index (χ4n) is 5.39. The second-order valence-corrected chi connectivity index (χ2v) is 9.37. The van der Waals surface area contributed by atoms with E-state index in [1.807, 2.05) is 0 Å². The third kappa shape index (κ3) is 5.34. The Labute approximate surface area is 202 Å². The van der Waals surface area contributed by atoms with Crippen LogP contribution in [0, 0.1) is 23.5 Å². The van der Waals surface area contributed by atoms with Crippen molar-refractivity contribution in [3.05, 3.63) is 39.7 Å². The first-order valence-corrected chi connectivity index (χ1v) is 12.2. The van der Waals surface area contributed by atoms with Crippen LogP contribution in [0.15, 0.2) is 17.1 Å². The van der Waals surface area contributed by atoms with E-state index in [-0.39, 0.29) is 29.7 Å². The number of carbonyl (C=O) groups is 1. The summed E-state index contributed by atoms with van der Waals surface area (Å²) in [6.07, 6.45) is 4.56. The van der Waals surface area contributed by atoms with Crippen molar-refractivity contribution in [1.29, 1.82) is 0 Å². The van der Waals surface area contributed by atoms with Crippen LogP contribution in [0.5, 0.6) is 0 Å². The maximum Gasteiger partial charge on any atom is 0.341 e. The Kier molecular flexibility index (Phi) is 8.03. The Hall–Kier alpha value is -2.56. The van der Waals surface area contributed by atoms with Crippen molar-refractivity contribution in [2.24, 2.45) is 11.8 Å². The first kappa shape index (κ1) is 25.5. The molecule has 0 bridgehead atoms. The molecule has 2 aliphatic heterocycles. The fraction of sp³-hybridized carbons (Fsp3) is 0.600. The van der Waals surface area contributed by atoms with Gasteiger partial charge in [0.1, 0.15) is 17.1 Å². The highest BCUT2D eigenvalue weighted by molar-refractivity contribution is 5.93. The van der Waals surface area contributed by atoms with Gasteiger partial charge in [-0.15, -0.1) is 0 Å². The smallest absolute Gasteiger partial charge is 0.341 e. The average molecular weight is 494 g/mol. The van der Waals surface area contributed by atoms with E-state index in [9.17, 15) is 14.7 Å². The van der Waals surface area contributed by atoms with Gasteiger partial charge in [-0.3, -0.25) is 4.79 Å². The Balaban J connectivity index is 1.67. The number of piperidine rings is 2. The molecule has 2 aromatic rings. The molecule has 2 aliphatic rings. The van der Waals surface area contributed by atoms with Crippen molar-refractivity contribution in [1.82, 2.24) is 9.88 Å². The second kappa shape index (κ2) is 11.0. The summed E-state index contributed by atoms with van der Waals surface area (Å²) < 4.78 is 43.0. The lowest BCUT2D eigenvalue weighted by atomic mass is 9.79. The Morgan fingerprint density at radius 2 is 1.86 bits per heavy atom. The lowest BCUT2D eigenvalue weighted by molar-refractivity contribution is -0.112. The Bertz CT molecular complexity index is 1120. The molecule has 2 N–H and O–H groups in total. The SMILES string of the molecule is COC(C)OCCn1cc(C(=O)O)c(=O)c2cc(F)c(N3CCC(C4CCNCC4)CC3)c(F)c21. The number of rotatable bonds is 8. The number of carboxylic acids is 1. The van der Waals surface area contributed by atoms with Gasteiger partial charge in [-0.25, -0.2) is 13.6 Å². The van der Waals surface area contributed by atoms with Crippen molar-refractivity contribution in [2.45, 2.75) is 45.4 Å². The minimum Gasteiger partial charge on any atom is -0.477 e. The number of aromatic nitrogens is 1. The van der Waals surface area contributed by atoms with E-state index in [0.29, 0.717) is 24.9 Å². The number of fused-ring (bicyclic) bond motifs is 1. The molecule has 1 unspecified atom stereocenters. The van der Waals surface area contributed by atoms with E-state index in [2.05, 4.69) is 5.32 Å². The number of hydrogen-bond donors (Lipinski definition) is 2. The van der Waals surface area contributed by atoms with Crippen LogP contribution in [0.3, 0.4) is 0 Å². The van der Waals surface area contributed by atoms with Crippen LogP contribution in [0.1, 0.15) is 43.0 Å². The van der Waals surface area contributed by atoms with Gasteiger partial charge in [0.2, 0.25) is 5.43 Å². The molecule has 8 nitrogen and oxygen atoms in total. The summed E-state index contributed by atoms with van der Waals surface area (Å²) in [5.41, 5.74) is -1.75. The molecule has 0 aliphatic carbocycles. The minimum absolute atomic E-state index is 0.0601. The number of carboxylic acid groups (broad SMARTS) is 1. The Morgan fingerprint density at radius 1 is 1.20 bits per heavy atom. The van der Waals surface area contributed by atoms with Gasteiger partial charge in [0.05, 0.1) is 17.5 Å². The monoisotopic (exact) mass is 493 g/mol. The van der Waals surface area contributed by atoms with Gasteiger partial charge in [0.15, 0.2) is 12.1 Å². The molecule has 1 aromatic heterocycles. The number of aromatic carboxylic acids is 1. The molecular formula is C25H33F2N3O5. The highest BCUT2D eigenvalue weighted by Crippen LogP contribution is 2.36. The molecule has 0 saturated carbocycles. The molecule has 0 spiro atoms. The molecular weight excluding hydrogens is 460 g/mol. The number of halogens is 2. The fourth-order valence-corrected chi connectivity index (χ4v) is 5.39. The molecule has 192 valence electrons. The van der Waals surface area contributed by atoms with Crippen molar-refractivity contribution in [2.75, 3.05) is 44.8 Å². The summed E-state index contributed by atoms with van der Waals surface area (Å²) in [6, 6.07) is 0.969. The summed E-state index contributed by atoms with van der Waals surface area (Å²) in [5.74, 6) is -1.99. The molecule has 35 heavy (non-hydrogen) atoms. The van der Waals surface area contributed by atoms with Gasteiger partial charge in [-0.2, -0.15) is 0 Å². The lowest BCUT2D eigenvalue weighted by Gasteiger charge is -2.39. The molecule has 4 rings (SSSR count). The third-order valence-corrected chi connectivity index (χ3v) is 7.38. The zero-order valence-electron chi connectivity index (χ0n) is 20.2. The molecule has 2 fully saturated rings. The lowest BCUT2D eigenvalue weighted by Crippen LogP contribution is -2.40. The Morgan fingerprint density at radius 3 is 2.49 bits per heavy atom. The predicted molar refractivity (Wildman–Crippen MR) is 128 cm³/mol. The van der Waals surface area contributed by atoms with Crippen LogP contribution in [0.4, 0.5) is 14.5 Å². The van der Waals surface area contributed by atoms with Crippen LogP contribution in [-0.4, -0.2) is 61.8 Å². The van der Waals surface area contributed by atoms with E-state index in [4.69, 9.17) is 9.47 Å². The van der Waals surface area contributed by atoms with E-state index in [0.717, 1.165) is 51.0 Å². The quantitative estimate of drug-likeness (QED) is 0.546. The number of pyridine rings is 1. The van der Waals surface area contributed by atoms with Crippen molar-refractivity contribution in [3.63, 3.8) is 0 Å². The van der Waals surface area contributed by atoms with E-state index >= 15 is 8.78 Å². The van der Waals surface area contributed by atoms with Gasteiger partial charge in [0, 0.05) is 32.9 Å². The van der Waals surface area contributed by atoms with Crippen LogP contribution in [0.25, 0.3) is 10.9 Å². The predicted octanol–water partition coefficient (Wildman–Crippen LogP) is 3.20. The number of hydrogen-bond acceptors (Lipinski definition) is 6. The summed E-state index contributed by atoms with van der Waals surface area (Å²) in [6.45, 7) is 4.92. The zero-order chi connectivity index (χ0) is 25.1. The van der Waals surface area contributed by atoms with E-state index in [1.165, 1.54) is 11.7 Å². The average Bonchev–Trinajstić information content (AvgIpc) is 2.86. The number of methoxy groups -OCH3 is 1. The van der Waals surface area contributed by atoms with Crippen molar-refractivity contribution >= 4 is 22.6 Å². The number of anilines is 1. The maximum absolute atomic E-state index is 15.9. The van der Waals surface area contributed by atoms with Crippen LogP contribution in [0.2, 0.25) is 0 Å². The molecule has 1 aromatic carbocycles. The van der Waals surface area contributed by atoms with E-state index in [1.54, 1.807) is 11.8 Å². The normalized spacial score (nSPS) is 18.8.